The monoisotopic (exact) mass is 991 g/mol. The molecule has 4 atom stereocenters. The Labute approximate surface area is 430 Å². The second-order valence-electron chi connectivity index (χ2n) is 20.1. The van der Waals surface area contributed by atoms with E-state index < -0.39 is 5.79 Å². The van der Waals surface area contributed by atoms with Crippen LogP contribution in [0, 0.1) is 11.8 Å². The van der Waals surface area contributed by atoms with E-state index in [4.69, 9.17) is 37.9 Å². The first-order valence-corrected chi connectivity index (χ1v) is 29.3. The highest BCUT2D eigenvalue weighted by atomic mass is 16.7. The summed E-state index contributed by atoms with van der Waals surface area (Å²) in [4.78, 5) is 26.6. The summed E-state index contributed by atoms with van der Waals surface area (Å²) in [5.74, 6) is -0.987. The molecule has 0 aliphatic rings. The van der Waals surface area contributed by atoms with Crippen molar-refractivity contribution >= 4 is 11.9 Å². The number of unbranched alkanes of at least 4 members (excludes halogenated alkanes) is 19. The lowest BCUT2D eigenvalue weighted by Gasteiger charge is -2.32. The zero-order valence-electron chi connectivity index (χ0n) is 46.4. The Morgan fingerprint density at radius 3 is 1.34 bits per heavy atom. The third-order valence-electron chi connectivity index (χ3n) is 13.3. The van der Waals surface area contributed by atoms with Crippen molar-refractivity contribution in [1.29, 1.82) is 0 Å². The summed E-state index contributed by atoms with van der Waals surface area (Å²) < 4.78 is 48.5. The predicted octanol–water partition coefficient (Wildman–Crippen LogP) is 15.9. The molecule has 1 aromatic carbocycles. The zero-order valence-corrected chi connectivity index (χ0v) is 46.4. The highest BCUT2D eigenvalue weighted by Crippen LogP contribution is 2.24. The van der Waals surface area contributed by atoms with E-state index in [-0.39, 0.29) is 36.5 Å². The van der Waals surface area contributed by atoms with Crippen LogP contribution in [0.25, 0.3) is 0 Å². The third kappa shape index (κ3) is 39.4. The largest absolute Gasteiger partial charge is 0.465 e. The minimum Gasteiger partial charge on any atom is -0.465 e. The maximum absolute atomic E-state index is 13.4. The maximum Gasteiger partial charge on any atom is 0.308 e. The number of carbonyl (C=O) groups excluding carboxylic acids is 2. The van der Waals surface area contributed by atoms with Crippen LogP contribution >= 0.6 is 0 Å². The van der Waals surface area contributed by atoms with E-state index in [1.54, 1.807) is 0 Å². The molecule has 0 fully saturated rings. The molecule has 10 heteroatoms. The van der Waals surface area contributed by atoms with Crippen molar-refractivity contribution in [2.24, 2.45) is 11.8 Å². The predicted molar refractivity (Wildman–Crippen MR) is 288 cm³/mol. The zero-order chi connectivity index (χ0) is 50.9. The van der Waals surface area contributed by atoms with Gasteiger partial charge in [0.1, 0.15) is 6.61 Å². The molecule has 410 valence electrons. The highest BCUT2D eigenvalue weighted by molar-refractivity contribution is 5.72. The fourth-order valence-electron chi connectivity index (χ4n) is 8.83. The van der Waals surface area contributed by atoms with Crippen LogP contribution in [-0.2, 0) is 54.1 Å². The summed E-state index contributed by atoms with van der Waals surface area (Å²) in [6.07, 6.45) is 34.0. The fourth-order valence-corrected chi connectivity index (χ4v) is 8.83. The first-order chi connectivity index (χ1) is 34.3. The molecule has 10 nitrogen and oxygen atoms in total. The molecule has 70 heavy (non-hydrogen) atoms. The molecular weight excluding hydrogens is 881 g/mol. The van der Waals surface area contributed by atoms with Gasteiger partial charge in [0.25, 0.3) is 0 Å². The van der Waals surface area contributed by atoms with Gasteiger partial charge in [-0.3, -0.25) is 9.59 Å². The molecule has 0 N–H and O–H groups in total. The topological polar surface area (TPSA) is 108 Å². The lowest BCUT2D eigenvalue weighted by molar-refractivity contribution is -0.261. The van der Waals surface area contributed by atoms with E-state index >= 15 is 0 Å². The summed E-state index contributed by atoms with van der Waals surface area (Å²) >= 11 is 0. The van der Waals surface area contributed by atoms with Gasteiger partial charge in [-0.25, -0.2) is 0 Å². The summed E-state index contributed by atoms with van der Waals surface area (Å²) in [6.45, 7) is 18.0. The number of carbonyl (C=O) groups is 2. The Bertz CT molecular complexity index is 1270. The van der Waals surface area contributed by atoms with Crippen molar-refractivity contribution in [3.05, 3.63) is 35.9 Å². The van der Waals surface area contributed by atoms with Crippen molar-refractivity contribution in [2.45, 2.75) is 259 Å². The Morgan fingerprint density at radius 2 is 0.829 bits per heavy atom. The number of ether oxygens (including phenoxy) is 8. The van der Waals surface area contributed by atoms with Crippen molar-refractivity contribution < 1.29 is 47.5 Å². The standard InChI is InChI=1S/C60H110O10/c1-7-12-16-20-22-31-40-55(38-29-18-14-9-3)58(61)66-43-33-24-25-34-44-69-60(6,70-51-50-64-47-46-63-48-49-65-52-54-36-27-26-28-37-54)53-68-57(35-11-5)42-45-67-59(62)56(39-30-19-15-10-4)41-32-23-21-17-13-8-2/h26-28,36-37,55-57H,7-25,29-35,38-53H2,1-6H3. The molecular formula is C60H110O10. The van der Waals surface area contributed by atoms with Crippen molar-refractivity contribution in [1.82, 2.24) is 0 Å². The van der Waals surface area contributed by atoms with Crippen LogP contribution in [0.4, 0.5) is 0 Å². The summed E-state index contributed by atoms with van der Waals surface area (Å²) in [6, 6.07) is 10.1. The molecule has 1 aromatic rings. The lowest BCUT2D eigenvalue weighted by atomic mass is 9.94. The van der Waals surface area contributed by atoms with Crippen LogP contribution in [0.5, 0.6) is 0 Å². The highest BCUT2D eigenvalue weighted by Gasteiger charge is 2.29. The van der Waals surface area contributed by atoms with Crippen molar-refractivity contribution in [2.75, 3.05) is 66.1 Å². The molecule has 4 unspecified atom stereocenters. The van der Waals surface area contributed by atoms with Gasteiger partial charge in [0.15, 0.2) is 5.79 Å². The SMILES string of the molecule is CCCCCCCCC(CCCCCC)C(=O)OCCCCCCOC(C)(COC(CCC)CCOC(=O)C(CCCCCC)CCCCCCCC)OCCOCCOCCOCc1ccccc1. The first kappa shape index (κ1) is 65.9. The van der Waals surface area contributed by atoms with Gasteiger partial charge in [0.05, 0.1) is 84.0 Å². The van der Waals surface area contributed by atoms with Gasteiger partial charge < -0.3 is 37.9 Å². The second-order valence-corrected chi connectivity index (χ2v) is 20.1. The smallest absolute Gasteiger partial charge is 0.308 e. The molecule has 0 heterocycles. The molecule has 0 aliphatic carbocycles. The Hall–Kier alpha value is -2.08. The molecule has 0 radical (unpaired) electrons. The first-order valence-electron chi connectivity index (χ1n) is 29.3. The fraction of sp³-hybridized carbons (Fsp3) is 0.867. The average molecular weight is 992 g/mol. The number of hydrogen-bond acceptors (Lipinski definition) is 10. The van der Waals surface area contributed by atoms with E-state index in [1.165, 1.54) is 103 Å². The van der Waals surface area contributed by atoms with Gasteiger partial charge in [-0.1, -0.05) is 206 Å². The minimum absolute atomic E-state index is 0.00646. The number of rotatable bonds is 54. The molecule has 0 saturated carbocycles. The van der Waals surface area contributed by atoms with E-state index in [1.807, 2.05) is 25.1 Å². The van der Waals surface area contributed by atoms with E-state index in [0.29, 0.717) is 72.5 Å². The minimum atomic E-state index is -0.975. The van der Waals surface area contributed by atoms with Crippen LogP contribution < -0.4 is 0 Å². The van der Waals surface area contributed by atoms with Crippen LogP contribution in [-0.4, -0.2) is 89.9 Å². The van der Waals surface area contributed by atoms with Crippen LogP contribution in [0.15, 0.2) is 30.3 Å². The van der Waals surface area contributed by atoms with Crippen molar-refractivity contribution in [3.63, 3.8) is 0 Å². The van der Waals surface area contributed by atoms with Gasteiger partial charge in [-0.05, 0) is 63.9 Å². The van der Waals surface area contributed by atoms with Gasteiger partial charge in [-0.15, -0.1) is 0 Å². The number of benzene rings is 1. The molecule has 0 spiro atoms. The van der Waals surface area contributed by atoms with Crippen molar-refractivity contribution in [3.8, 4) is 0 Å². The summed E-state index contributed by atoms with van der Waals surface area (Å²) in [5, 5.41) is 0. The number of esters is 2. The van der Waals surface area contributed by atoms with Crippen LogP contribution in [0.1, 0.15) is 246 Å². The Kier molecular flexibility index (Phi) is 46.3. The molecule has 0 amide bonds. The summed E-state index contributed by atoms with van der Waals surface area (Å²) in [7, 11) is 0. The van der Waals surface area contributed by atoms with Gasteiger partial charge >= 0.3 is 11.9 Å². The van der Waals surface area contributed by atoms with E-state index in [9.17, 15) is 9.59 Å². The normalized spacial score (nSPS) is 13.8. The molecule has 0 saturated heterocycles. The quantitative estimate of drug-likeness (QED) is 0.0356. The van der Waals surface area contributed by atoms with Gasteiger partial charge in [-0.2, -0.15) is 0 Å². The van der Waals surface area contributed by atoms with E-state index in [0.717, 1.165) is 95.5 Å². The average Bonchev–Trinajstić information content (AvgIpc) is 3.36. The third-order valence-corrected chi connectivity index (χ3v) is 13.3. The van der Waals surface area contributed by atoms with Gasteiger partial charge in [0, 0.05) is 6.42 Å². The summed E-state index contributed by atoms with van der Waals surface area (Å²) in [5.41, 5.74) is 1.15. The molecule has 0 aromatic heterocycles. The van der Waals surface area contributed by atoms with E-state index in [2.05, 4.69) is 46.8 Å². The molecule has 0 bridgehead atoms. The molecule has 0 aliphatic heterocycles. The Morgan fingerprint density at radius 1 is 0.414 bits per heavy atom. The Balaban J connectivity index is 2.67. The van der Waals surface area contributed by atoms with Crippen LogP contribution in [0.2, 0.25) is 0 Å². The van der Waals surface area contributed by atoms with Crippen LogP contribution in [0.3, 0.4) is 0 Å². The van der Waals surface area contributed by atoms with Gasteiger partial charge in [0.2, 0.25) is 0 Å². The second kappa shape index (κ2) is 49.1. The maximum atomic E-state index is 13.4. The number of hydrogen-bond donors (Lipinski definition) is 0. The molecule has 1 rings (SSSR count). The lowest BCUT2D eigenvalue weighted by Crippen LogP contribution is -2.40.